The first-order valence-corrected chi connectivity index (χ1v) is 6.31. The SMILES string of the molecule is Cc1ccsc1C(OCC(C)C)C(C)N. The van der Waals surface area contributed by atoms with E-state index in [0.717, 1.165) is 6.61 Å². The Hall–Kier alpha value is -0.380. The lowest BCUT2D eigenvalue weighted by Gasteiger charge is -2.22. The maximum absolute atomic E-state index is 5.96. The predicted molar refractivity (Wildman–Crippen MR) is 66.2 cm³/mol. The Morgan fingerprint density at radius 3 is 2.47 bits per heavy atom. The lowest BCUT2D eigenvalue weighted by atomic mass is 10.1. The smallest absolute Gasteiger partial charge is 0.107 e. The van der Waals surface area contributed by atoms with E-state index in [1.165, 1.54) is 10.4 Å². The summed E-state index contributed by atoms with van der Waals surface area (Å²) in [5, 5.41) is 2.10. The van der Waals surface area contributed by atoms with E-state index < -0.39 is 0 Å². The Morgan fingerprint density at radius 2 is 2.07 bits per heavy atom. The Bertz CT molecular complexity index is 294. The molecule has 0 fully saturated rings. The van der Waals surface area contributed by atoms with E-state index in [-0.39, 0.29) is 12.1 Å². The maximum Gasteiger partial charge on any atom is 0.107 e. The van der Waals surface area contributed by atoms with Crippen molar-refractivity contribution in [3.05, 3.63) is 21.9 Å². The van der Waals surface area contributed by atoms with Gasteiger partial charge in [-0.3, -0.25) is 0 Å². The molecule has 1 rings (SSSR count). The molecule has 1 heterocycles. The lowest BCUT2D eigenvalue weighted by molar-refractivity contribution is 0.0240. The molecule has 0 aromatic carbocycles. The molecule has 0 saturated heterocycles. The minimum Gasteiger partial charge on any atom is -0.371 e. The van der Waals surface area contributed by atoms with E-state index in [1.54, 1.807) is 11.3 Å². The number of ether oxygens (including phenoxy) is 1. The lowest BCUT2D eigenvalue weighted by Crippen LogP contribution is -2.27. The summed E-state index contributed by atoms with van der Waals surface area (Å²) in [5.74, 6) is 0.548. The third kappa shape index (κ3) is 3.59. The molecule has 3 heteroatoms. The quantitative estimate of drug-likeness (QED) is 0.839. The highest BCUT2D eigenvalue weighted by atomic mass is 32.1. The van der Waals surface area contributed by atoms with Crippen LogP contribution in [0.4, 0.5) is 0 Å². The summed E-state index contributed by atoms with van der Waals surface area (Å²) in [4.78, 5) is 1.27. The summed E-state index contributed by atoms with van der Waals surface area (Å²) in [6, 6.07) is 2.16. The molecule has 1 aromatic rings. The van der Waals surface area contributed by atoms with Gasteiger partial charge in [0.15, 0.2) is 0 Å². The van der Waals surface area contributed by atoms with Gasteiger partial charge < -0.3 is 10.5 Å². The van der Waals surface area contributed by atoms with Crippen LogP contribution in [0.15, 0.2) is 11.4 Å². The molecule has 1 aromatic heterocycles. The normalized spacial score (nSPS) is 15.6. The van der Waals surface area contributed by atoms with Crippen molar-refractivity contribution < 1.29 is 4.74 Å². The largest absolute Gasteiger partial charge is 0.371 e. The van der Waals surface area contributed by atoms with E-state index in [4.69, 9.17) is 10.5 Å². The summed E-state index contributed by atoms with van der Waals surface area (Å²) in [5.41, 5.74) is 7.25. The van der Waals surface area contributed by atoms with Gasteiger partial charge in [-0.2, -0.15) is 0 Å². The molecular formula is C12H21NOS. The number of thiophene rings is 1. The van der Waals surface area contributed by atoms with Crippen LogP contribution in [-0.2, 0) is 4.74 Å². The number of nitrogens with two attached hydrogens (primary N) is 1. The maximum atomic E-state index is 5.96. The second-order valence-electron chi connectivity index (χ2n) is 4.47. The molecule has 2 unspecified atom stereocenters. The van der Waals surface area contributed by atoms with Crippen LogP contribution in [0.2, 0.25) is 0 Å². The van der Waals surface area contributed by atoms with Gasteiger partial charge in [-0.1, -0.05) is 13.8 Å². The molecule has 0 saturated carbocycles. The van der Waals surface area contributed by atoms with Gasteiger partial charge in [0, 0.05) is 17.5 Å². The Kier molecular flexibility index (Phi) is 4.77. The van der Waals surface area contributed by atoms with E-state index in [0.29, 0.717) is 5.92 Å². The van der Waals surface area contributed by atoms with Crippen LogP contribution in [0, 0.1) is 12.8 Å². The minimum absolute atomic E-state index is 0.0427. The monoisotopic (exact) mass is 227 g/mol. The summed E-state index contributed by atoms with van der Waals surface area (Å²) in [7, 11) is 0. The molecule has 0 bridgehead atoms. The van der Waals surface area contributed by atoms with Crippen molar-refractivity contribution in [3.63, 3.8) is 0 Å². The van der Waals surface area contributed by atoms with Crippen molar-refractivity contribution in [2.75, 3.05) is 6.61 Å². The first-order valence-electron chi connectivity index (χ1n) is 5.43. The second kappa shape index (κ2) is 5.64. The highest BCUT2D eigenvalue weighted by Gasteiger charge is 2.20. The molecule has 0 amide bonds. The third-order valence-electron chi connectivity index (χ3n) is 2.25. The summed E-state index contributed by atoms with van der Waals surface area (Å²) in [6.45, 7) is 9.19. The molecule has 0 aliphatic heterocycles. The zero-order valence-electron chi connectivity index (χ0n) is 9.99. The molecule has 0 aliphatic rings. The van der Waals surface area contributed by atoms with Crippen molar-refractivity contribution in [1.82, 2.24) is 0 Å². The fraction of sp³-hybridized carbons (Fsp3) is 0.667. The molecule has 15 heavy (non-hydrogen) atoms. The van der Waals surface area contributed by atoms with Crippen molar-refractivity contribution >= 4 is 11.3 Å². The van der Waals surface area contributed by atoms with Crippen LogP contribution in [-0.4, -0.2) is 12.6 Å². The highest BCUT2D eigenvalue weighted by molar-refractivity contribution is 7.10. The number of hydrogen-bond acceptors (Lipinski definition) is 3. The van der Waals surface area contributed by atoms with E-state index in [1.807, 2.05) is 6.92 Å². The van der Waals surface area contributed by atoms with Gasteiger partial charge in [0.05, 0.1) is 0 Å². The van der Waals surface area contributed by atoms with Gasteiger partial charge in [-0.15, -0.1) is 11.3 Å². The Morgan fingerprint density at radius 1 is 1.40 bits per heavy atom. The average Bonchev–Trinajstić information content (AvgIpc) is 2.51. The van der Waals surface area contributed by atoms with Crippen molar-refractivity contribution in [2.45, 2.75) is 39.8 Å². The van der Waals surface area contributed by atoms with E-state index in [2.05, 4.69) is 32.2 Å². The molecule has 0 radical (unpaired) electrons. The molecule has 2 N–H and O–H groups in total. The second-order valence-corrected chi connectivity index (χ2v) is 5.42. The third-order valence-corrected chi connectivity index (χ3v) is 3.33. The van der Waals surface area contributed by atoms with Crippen LogP contribution in [0.1, 0.15) is 37.3 Å². The van der Waals surface area contributed by atoms with Crippen LogP contribution in [0.5, 0.6) is 0 Å². The van der Waals surface area contributed by atoms with Crippen LogP contribution in [0.3, 0.4) is 0 Å². The summed E-state index contributed by atoms with van der Waals surface area (Å²) in [6.07, 6.45) is 0.0485. The average molecular weight is 227 g/mol. The van der Waals surface area contributed by atoms with Gasteiger partial charge in [-0.05, 0) is 36.8 Å². The van der Waals surface area contributed by atoms with Crippen LogP contribution < -0.4 is 5.73 Å². The molecule has 0 aliphatic carbocycles. The van der Waals surface area contributed by atoms with Gasteiger partial charge in [0.2, 0.25) is 0 Å². The zero-order valence-corrected chi connectivity index (χ0v) is 10.8. The van der Waals surface area contributed by atoms with Crippen molar-refractivity contribution in [1.29, 1.82) is 0 Å². The first-order chi connectivity index (χ1) is 7.02. The van der Waals surface area contributed by atoms with Crippen molar-refractivity contribution in [3.8, 4) is 0 Å². The first kappa shape index (κ1) is 12.7. The summed E-state index contributed by atoms with van der Waals surface area (Å²) >= 11 is 1.73. The van der Waals surface area contributed by atoms with Gasteiger partial charge in [0.1, 0.15) is 6.10 Å². The van der Waals surface area contributed by atoms with Gasteiger partial charge in [-0.25, -0.2) is 0 Å². The van der Waals surface area contributed by atoms with E-state index in [9.17, 15) is 0 Å². The van der Waals surface area contributed by atoms with E-state index >= 15 is 0 Å². The van der Waals surface area contributed by atoms with Gasteiger partial charge in [0.25, 0.3) is 0 Å². The Labute approximate surface area is 96.4 Å². The number of aryl methyl sites for hydroxylation is 1. The van der Waals surface area contributed by atoms with Crippen LogP contribution in [0.25, 0.3) is 0 Å². The molecule has 86 valence electrons. The fourth-order valence-electron chi connectivity index (χ4n) is 1.44. The van der Waals surface area contributed by atoms with Crippen LogP contribution >= 0.6 is 11.3 Å². The molecule has 0 spiro atoms. The molecule has 2 atom stereocenters. The topological polar surface area (TPSA) is 35.2 Å². The number of rotatable bonds is 5. The summed E-state index contributed by atoms with van der Waals surface area (Å²) < 4.78 is 5.88. The molecular weight excluding hydrogens is 206 g/mol. The Balaban J connectivity index is 2.71. The zero-order chi connectivity index (χ0) is 11.4. The minimum atomic E-state index is 0.0427. The molecule has 2 nitrogen and oxygen atoms in total. The van der Waals surface area contributed by atoms with Crippen molar-refractivity contribution in [2.24, 2.45) is 11.7 Å². The number of hydrogen-bond donors (Lipinski definition) is 1. The van der Waals surface area contributed by atoms with Gasteiger partial charge >= 0.3 is 0 Å². The fourth-order valence-corrected chi connectivity index (χ4v) is 2.53. The standard InChI is InChI=1S/C12H21NOS/c1-8(2)7-14-11(10(4)13)12-9(3)5-6-15-12/h5-6,8,10-11H,7,13H2,1-4H3. The predicted octanol–water partition coefficient (Wildman–Crippen LogP) is 3.12. The highest BCUT2D eigenvalue weighted by Crippen LogP contribution is 2.29.